The summed E-state index contributed by atoms with van der Waals surface area (Å²) in [6, 6.07) is 26.7. The van der Waals surface area contributed by atoms with E-state index < -0.39 is 6.29 Å². The molecule has 3 rings (SSSR count). The first-order valence-corrected chi connectivity index (χ1v) is 10.1. The van der Waals surface area contributed by atoms with Crippen LogP contribution in [0.2, 0.25) is 0 Å². The molecule has 4 nitrogen and oxygen atoms in total. The van der Waals surface area contributed by atoms with Crippen molar-refractivity contribution in [3.8, 4) is 5.75 Å². The second kappa shape index (κ2) is 9.99. The summed E-state index contributed by atoms with van der Waals surface area (Å²) in [5.41, 5.74) is 4.35. The monoisotopic (exact) mass is 389 g/mol. The minimum Gasteiger partial charge on any atom is -0.465 e. The molecule has 0 aromatic heterocycles. The van der Waals surface area contributed by atoms with Crippen molar-refractivity contribution in [1.29, 1.82) is 0 Å². The van der Waals surface area contributed by atoms with Crippen LogP contribution in [0.3, 0.4) is 0 Å². The van der Waals surface area contributed by atoms with Crippen molar-refractivity contribution in [2.24, 2.45) is 0 Å². The highest BCUT2D eigenvalue weighted by Crippen LogP contribution is 2.36. The fourth-order valence-corrected chi connectivity index (χ4v) is 3.25. The molecule has 0 aliphatic carbocycles. The molecular weight excluding hydrogens is 360 g/mol. The van der Waals surface area contributed by atoms with Gasteiger partial charge in [0.15, 0.2) is 6.29 Å². The van der Waals surface area contributed by atoms with Gasteiger partial charge in [0.05, 0.1) is 0 Å². The number of aliphatic hydroxyl groups excluding tert-OH is 1. The molecule has 0 aliphatic rings. The van der Waals surface area contributed by atoms with E-state index in [-0.39, 0.29) is 0 Å². The lowest BCUT2D eigenvalue weighted by molar-refractivity contribution is -0.0191. The van der Waals surface area contributed by atoms with Gasteiger partial charge in [-0.25, -0.2) is 0 Å². The van der Waals surface area contributed by atoms with Gasteiger partial charge in [-0.05, 0) is 74.5 Å². The highest BCUT2D eigenvalue weighted by Gasteiger charge is 2.13. The Labute approximate surface area is 174 Å². The Balaban J connectivity index is 1.94. The number of rotatable bonds is 9. The van der Waals surface area contributed by atoms with Gasteiger partial charge < -0.3 is 19.6 Å². The molecule has 151 valence electrons. The predicted octanol–water partition coefficient (Wildman–Crippen LogP) is 6.27. The van der Waals surface area contributed by atoms with E-state index in [0.717, 1.165) is 23.6 Å². The first-order valence-electron chi connectivity index (χ1n) is 10.1. The van der Waals surface area contributed by atoms with Gasteiger partial charge in [0.1, 0.15) is 5.75 Å². The molecule has 3 aromatic carbocycles. The maximum atomic E-state index is 9.72. The molecule has 0 saturated heterocycles. The van der Waals surface area contributed by atoms with E-state index in [9.17, 15) is 5.11 Å². The summed E-state index contributed by atoms with van der Waals surface area (Å²) < 4.78 is 5.50. The summed E-state index contributed by atoms with van der Waals surface area (Å²) in [6.45, 7) is 9.10. The van der Waals surface area contributed by atoms with E-state index in [1.54, 1.807) is 0 Å². The summed E-state index contributed by atoms with van der Waals surface area (Å²) in [7, 11) is 0. The summed E-state index contributed by atoms with van der Waals surface area (Å²) in [4.78, 5) is 4.41. The van der Waals surface area contributed by atoms with E-state index >= 15 is 0 Å². The van der Waals surface area contributed by atoms with Crippen LogP contribution in [0.15, 0.2) is 78.9 Å². The van der Waals surface area contributed by atoms with Crippen molar-refractivity contribution in [3.05, 3.63) is 85.4 Å². The topological polar surface area (TPSA) is 35.9 Å². The lowest BCUT2D eigenvalue weighted by atomic mass is 10.1. The smallest absolute Gasteiger partial charge is 0.197 e. The van der Waals surface area contributed by atoms with Crippen LogP contribution in [-0.4, -0.2) is 17.9 Å². The van der Waals surface area contributed by atoms with Gasteiger partial charge in [-0.15, -0.1) is 0 Å². The fourth-order valence-electron chi connectivity index (χ4n) is 3.25. The van der Waals surface area contributed by atoms with Gasteiger partial charge in [-0.2, -0.15) is 0 Å². The summed E-state index contributed by atoms with van der Waals surface area (Å²) >= 11 is 0. The van der Waals surface area contributed by atoms with Gasteiger partial charge in [0.25, 0.3) is 0 Å². The number of nitrogens with zero attached hydrogens (tertiary/aromatic N) is 2. The number of para-hydroxylation sites is 1. The minimum atomic E-state index is -0.782. The van der Waals surface area contributed by atoms with E-state index in [1.807, 2.05) is 56.3 Å². The average Bonchev–Trinajstić information content (AvgIpc) is 2.77. The van der Waals surface area contributed by atoms with E-state index in [1.165, 1.54) is 5.69 Å². The largest absolute Gasteiger partial charge is 0.465 e. The molecule has 0 heterocycles. The standard InChI is InChI=1S/C25H29N2O2/c1-4-25(28)29-24-18-16-23(17-19-24)27(21-10-8-7-9-11-21)22-14-12-20(13-15-22)26(5-2)6-3/h5,7-19,25,28H,4,6H2,1-3H3. The van der Waals surface area contributed by atoms with Gasteiger partial charge in [0, 0.05) is 42.3 Å². The third-order valence-corrected chi connectivity index (χ3v) is 4.82. The molecule has 1 unspecified atom stereocenters. The van der Waals surface area contributed by atoms with Gasteiger partial charge in [-0.3, -0.25) is 0 Å². The molecule has 0 saturated carbocycles. The molecule has 0 fully saturated rings. The van der Waals surface area contributed by atoms with Gasteiger partial charge >= 0.3 is 0 Å². The summed E-state index contributed by atoms with van der Waals surface area (Å²) in [5, 5.41) is 9.72. The molecule has 4 heteroatoms. The van der Waals surface area contributed by atoms with Crippen LogP contribution in [0.4, 0.5) is 22.7 Å². The Morgan fingerprint density at radius 1 is 0.793 bits per heavy atom. The minimum absolute atomic E-state index is 0.550. The molecule has 1 atom stereocenters. The van der Waals surface area contributed by atoms with Crippen LogP contribution >= 0.6 is 0 Å². The zero-order valence-electron chi connectivity index (χ0n) is 17.3. The Bertz CT molecular complexity index is 860. The van der Waals surface area contributed by atoms with Crippen LogP contribution in [-0.2, 0) is 0 Å². The molecule has 0 aliphatic heterocycles. The van der Waals surface area contributed by atoms with Gasteiger partial charge in [-0.1, -0.05) is 25.1 Å². The number of aliphatic hydroxyl groups is 1. The van der Waals surface area contributed by atoms with E-state index in [4.69, 9.17) is 4.74 Å². The normalized spacial score (nSPS) is 11.7. The third kappa shape index (κ3) is 5.09. The molecule has 1 N–H and O–H groups in total. The predicted molar refractivity (Wildman–Crippen MR) is 121 cm³/mol. The zero-order valence-corrected chi connectivity index (χ0v) is 17.3. The molecule has 0 bridgehead atoms. The lowest BCUT2D eigenvalue weighted by Crippen LogP contribution is -2.17. The van der Waals surface area contributed by atoms with Crippen LogP contribution in [0.5, 0.6) is 5.75 Å². The molecule has 3 aromatic rings. The van der Waals surface area contributed by atoms with Crippen LogP contribution in [0.25, 0.3) is 0 Å². The van der Waals surface area contributed by atoms with Crippen LogP contribution in [0, 0.1) is 6.54 Å². The summed E-state index contributed by atoms with van der Waals surface area (Å²) in [5.74, 6) is 0.656. The average molecular weight is 390 g/mol. The van der Waals surface area contributed by atoms with Crippen LogP contribution < -0.4 is 14.5 Å². The number of benzene rings is 3. The molecule has 0 spiro atoms. The second-order valence-electron chi connectivity index (χ2n) is 6.71. The first-order chi connectivity index (χ1) is 14.2. The molecule has 1 radical (unpaired) electrons. The number of anilines is 4. The highest BCUT2D eigenvalue weighted by molar-refractivity contribution is 5.77. The highest BCUT2D eigenvalue weighted by atomic mass is 16.6. The maximum absolute atomic E-state index is 9.72. The zero-order chi connectivity index (χ0) is 20.6. The third-order valence-electron chi connectivity index (χ3n) is 4.82. The lowest BCUT2D eigenvalue weighted by Gasteiger charge is -2.27. The Morgan fingerprint density at radius 2 is 1.31 bits per heavy atom. The molecule has 0 amide bonds. The maximum Gasteiger partial charge on any atom is 0.197 e. The fraction of sp³-hybridized carbons (Fsp3) is 0.240. The van der Waals surface area contributed by atoms with Crippen molar-refractivity contribution in [1.82, 2.24) is 0 Å². The first kappa shape index (κ1) is 20.7. The number of hydrogen-bond donors (Lipinski definition) is 1. The number of ether oxygens (including phenoxy) is 1. The van der Waals surface area contributed by atoms with Gasteiger partial charge in [0.2, 0.25) is 0 Å². The number of hydrogen-bond acceptors (Lipinski definition) is 4. The second-order valence-corrected chi connectivity index (χ2v) is 6.71. The van der Waals surface area contributed by atoms with Crippen molar-refractivity contribution in [3.63, 3.8) is 0 Å². The van der Waals surface area contributed by atoms with Crippen molar-refractivity contribution >= 4 is 22.7 Å². The van der Waals surface area contributed by atoms with Crippen molar-refractivity contribution in [2.45, 2.75) is 33.5 Å². The van der Waals surface area contributed by atoms with Crippen molar-refractivity contribution in [2.75, 3.05) is 16.3 Å². The SMILES string of the molecule is C[CH]N(CC)c1ccc(N(c2ccccc2)c2ccc(OC(O)CC)cc2)cc1. The molecule has 29 heavy (non-hydrogen) atoms. The van der Waals surface area contributed by atoms with Crippen molar-refractivity contribution < 1.29 is 9.84 Å². The quantitative estimate of drug-likeness (QED) is 0.437. The molecular formula is C25H29N2O2. The Hall–Kier alpha value is -2.98. The van der Waals surface area contributed by atoms with E-state index in [0.29, 0.717) is 12.2 Å². The van der Waals surface area contributed by atoms with Crippen LogP contribution in [0.1, 0.15) is 27.2 Å². The van der Waals surface area contributed by atoms with E-state index in [2.05, 4.69) is 59.7 Å². The Morgan fingerprint density at radius 3 is 1.83 bits per heavy atom. The summed E-state index contributed by atoms with van der Waals surface area (Å²) in [6.07, 6.45) is -0.232. The Kier molecular flexibility index (Phi) is 7.14.